The molecular formula is C21H11Cl2F4N3O3. The summed E-state index contributed by atoms with van der Waals surface area (Å²) in [6.45, 7) is 0. The van der Waals surface area contributed by atoms with Crippen LogP contribution in [0.25, 0.3) is 28.3 Å². The Bertz CT molecular complexity index is 1450. The summed E-state index contributed by atoms with van der Waals surface area (Å²) in [5.74, 6) is -3.51. The minimum absolute atomic E-state index is 0.0791. The fraction of sp³-hybridized carbons (Fsp3) is 0.0952. The number of esters is 1. The highest BCUT2D eigenvalue weighted by Crippen LogP contribution is 2.43. The van der Waals surface area contributed by atoms with Gasteiger partial charge >= 0.3 is 12.1 Å². The molecular weight excluding hydrogens is 489 g/mol. The van der Waals surface area contributed by atoms with Crippen molar-refractivity contribution in [3.8, 4) is 28.3 Å². The van der Waals surface area contributed by atoms with Gasteiger partial charge in [-0.25, -0.2) is 13.9 Å². The van der Waals surface area contributed by atoms with E-state index in [4.69, 9.17) is 31.8 Å². The number of hydrogen-bond donors (Lipinski definition) is 0. The van der Waals surface area contributed by atoms with Crippen LogP contribution >= 0.6 is 23.2 Å². The van der Waals surface area contributed by atoms with Crippen molar-refractivity contribution in [1.29, 1.82) is 0 Å². The first-order valence-corrected chi connectivity index (χ1v) is 9.62. The lowest BCUT2D eigenvalue weighted by atomic mass is 10.0. The van der Waals surface area contributed by atoms with Crippen LogP contribution in [0.5, 0.6) is 0 Å². The van der Waals surface area contributed by atoms with Gasteiger partial charge in [-0.15, -0.1) is 0 Å². The minimum atomic E-state index is -5.07. The molecule has 0 saturated heterocycles. The molecule has 0 atom stereocenters. The second kappa shape index (κ2) is 8.53. The van der Waals surface area contributed by atoms with Gasteiger partial charge in [0.1, 0.15) is 17.1 Å². The molecule has 0 aliphatic heterocycles. The van der Waals surface area contributed by atoms with Crippen molar-refractivity contribution < 1.29 is 35.7 Å². The molecule has 2 heterocycles. The molecule has 0 fully saturated rings. The van der Waals surface area contributed by atoms with Crippen molar-refractivity contribution in [2.45, 2.75) is 6.18 Å². The Morgan fingerprint density at radius 1 is 1.21 bits per heavy atom. The topological polar surface area (TPSA) is 70.2 Å². The highest BCUT2D eigenvalue weighted by atomic mass is 35.5. The zero-order valence-electron chi connectivity index (χ0n) is 19.0. The monoisotopic (exact) mass is 502 g/mol. The van der Waals surface area contributed by atoms with E-state index in [-0.39, 0.29) is 15.7 Å². The molecule has 33 heavy (non-hydrogen) atoms. The Morgan fingerprint density at radius 2 is 1.97 bits per heavy atom. The smallest absolute Gasteiger partial charge is 0.434 e. The molecule has 0 unspecified atom stereocenters. The second-order valence-corrected chi connectivity index (χ2v) is 7.36. The lowest BCUT2D eigenvalue weighted by Crippen LogP contribution is -2.15. The third kappa shape index (κ3) is 4.07. The first-order valence-electron chi connectivity index (χ1n) is 10.4. The van der Waals surface area contributed by atoms with Crippen molar-refractivity contribution in [3.05, 3.63) is 75.8 Å². The third-order valence-electron chi connectivity index (χ3n) is 4.52. The van der Waals surface area contributed by atoms with Crippen molar-refractivity contribution in [2.75, 3.05) is 7.04 Å². The van der Waals surface area contributed by atoms with Crippen LogP contribution in [0.2, 0.25) is 10.0 Å². The van der Waals surface area contributed by atoms with E-state index in [1.807, 2.05) is 0 Å². The Kier molecular flexibility index (Phi) is 4.94. The summed E-state index contributed by atoms with van der Waals surface area (Å²) in [6.07, 6.45) is -4.34. The number of alkyl halides is 3. The van der Waals surface area contributed by atoms with Gasteiger partial charge in [0.2, 0.25) is 0 Å². The average molecular weight is 503 g/mol. The van der Waals surface area contributed by atoms with E-state index in [2.05, 4.69) is 15.0 Å². The highest BCUT2D eigenvalue weighted by Gasteiger charge is 2.42. The van der Waals surface area contributed by atoms with Crippen LogP contribution in [0.15, 0.2) is 53.2 Å². The molecule has 0 bridgehead atoms. The van der Waals surface area contributed by atoms with E-state index in [1.165, 1.54) is 36.4 Å². The summed E-state index contributed by atoms with van der Waals surface area (Å²) in [5.41, 5.74) is -4.35. The Morgan fingerprint density at radius 3 is 2.64 bits per heavy atom. The van der Waals surface area contributed by atoms with Crippen LogP contribution < -0.4 is 0 Å². The van der Waals surface area contributed by atoms with E-state index < -0.39 is 58.8 Å². The number of nitrogens with zero attached hydrogens (tertiary/aromatic N) is 3. The largest absolute Gasteiger partial charge is 0.465 e. The molecule has 2 aromatic heterocycles. The number of hydrogen-bond acceptors (Lipinski definition) is 5. The van der Waals surface area contributed by atoms with Gasteiger partial charge in [-0.2, -0.15) is 18.3 Å². The normalized spacial score (nSPS) is 13.3. The summed E-state index contributed by atoms with van der Waals surface area (Å²) in [5, 5.41) is 7.14. The molecule has 0 aliphatic rings. The van der Waals surface area contributed by atoms with Gasteiger partial charge in [0.15, 0.2) is 11.5 Å². The fourth-order valence-electron chi connectivity index (χ4n) is 3.20. The van der Waals surface area contributed by atoms with Gasteiger partial charge in [0.05, 0.1) is 39.2 Å². The number of ether oxygens (including phenoxy) is 1. The maximum atomic E-state index is 14.6. The number of aromatic nitrogens is 3. The Labute approximate surface area is 197 Å². The van der Waals surface area contributed by atoms with Gasteiger partial charge in [-0.1, -0.05) is 40.5 Å². The molecule has 4 rings (SSSR count). The lowest BCUT2D eigenvalue weighted by Gasteiger charge is -2.12. The first kappa shape index (κ1) is 19.1. The quantitative estimate of drug-likeness (QED) is 0.237. The lowest BCUT2D eigenvalue weighted by molar-refractivity contribution is -0.142. The van der Waals surface area contributed by atoms with Crippen LogP contribution in [0.1, 0.15) is 20.2 Å². The van der Waals surface area contributed by atoms with E-state index >= 15 is 0 Å². The van der Waals surface area contributed by atoms with Gasteiger partial charge in [-0.3, -0.25) is 0 Å². The predicted octanol–water partition coefficient (Wildman–Crippen LogP) is 6.45. The maximum Gasteiger partial charge on any atom is 0.434 e. The van der Waals surface area contributed by atoms with Gasteiger partial charge in [-0.05, 0) is 30.3 Å². The van der Waals surface area contributed by atoms with Crippen molar-refractivity contribution in [2.24, 2.45) is 0 Å². The van der Waals surface area contributed by atoms with Crippen LogP contribution in [0, 0.1) is 5.82 Å². The SMILES string of the molecule is [2H]C([2H])([2H])OC(=O)c1c(-c2c(F)cccc2Cl)noc1-c1cnn(-c2cccc(Cl)c2)c1C(F)(F)F. The van der Waals surface area contributed by atoms with Gasteiger partial charge in [0, 0.05) is 5.02 Å². The van der Waals surface area contributed by atoms with Crippen LogP contribution in [-0.4, -0.2) is 27.9 Å². The van der Waals surface area contributed by atoms with Crippen molar-refractivity contribution >= 4 is 29.2 Å². The third-order valence-corrected chi connectivity index (χ3v) is 5.07. The summed E-state index contributed by atoms with van der Waals surface area (Å²) < 4.78 is 88.9. The minimum Gasteiger partial charge on any atom is -0.465 e. The van der Waals surface area contributed by atoms with Crippen molar-refractivity contribution in [3.63, 3.8) is 0 Å². The Balaban J connectivity index is 2.01. The van der Waals surface area contributed by atoms with E-state index in [0.717, 1.165) is 12.3 Å². The molecule has 6 nitrogen and oxygen atoms in total. The van der Waals surface area contributed by atoms with Crippen LogP contribution in [0.3, 0.4) is 0 Å². The zero-order valence-corrected chi connectivity index (χ0v) is 17.5. The summed E-state index contributed by atoms with van der Waals surface area (Å²) in [4.78, 5) is 12.8. The number of benzene rings is 2. The zero-order chi connectivity index (χ0) is 26.4. The van der Waals surface area contributed by atoms with Crippen molar-refractivity contribution in [1.82, 2.24) is 14.9 Å². The molecule has 0 aliphatic carbocycles. The fourth-order valence-corrected chi connectivity index (χ4v) is 3.64. The summed E-state index contributed by atoms with van der Waals surface area (Å²) in [7, 11) is -3.29. The number of methoxy groups -OCH3 is 1. The molecule has 2 aromatic carbocycles. The number of rotatable bonds is 4. The number of halogens is 6. The summed E-state index contributed by atoms with van der Waals surface area (Å²) in [6, 6.07) is 8.75. The molecule has 0 spiro atoms. The van der Waals surface area contributed by atoms with Crippen LogP contribution in [0.4, 0.5) is 17.6 Å². The molecule has 0 amide bonds. The van der Waals surface area contributed by atoms with Crippen LogP contribution in [-0.2, 0) is 10.9 Å². The molecule has 0 radical (unpaired) electrons. The number of carbonyl (C=O) groups excluding carboxylic acids is 1. The number of carbonyl (C=O) groups is 1. The molecule has 170 valence electrons. The van der Waals surface area contributed by atoms with E-state index in [1.54, 1.807) is 0 Å². The molecule has 0 N–H and O–H groups in total. The summed E-state index contributed by atoms with van der Waals surface area (Å²) >= 11 is 11.9. The molecule has 0 saturated carbocycles. The second-order valence-electron chi connectivity index (χ2n) is 6.52. The van der Waals surface area contributed by atoms with Gasteiger partial charge in [0.25, 0.3) is 0 Å². The maximum absolute atomic E-state index is 14.6. The molecule has 4 aromatic rings. The highest BCUT2D eigenvalue weighted by molar-refractivity contribution is 6.33. The first-order chi connectivity index (χ1) is 16.8. The predicted molar refractivity (Wildman–Crippen MR) is 111 cm³/mol. The average Bonchev–Trinajstić information content (AvgIpc) is 3.37. The van der Waals surface area contributed by atoms with E-state index in [9.17, 15) is 22.4 Å². The molecule has 12 heteroatoms. The Hall–Kier alpha value is -3.37. The standard InChI is InChI=1S/C21H11Cl2F4N3O3/c1-32-20(31)16-17(15-13(23)6-3-7-14(15)24)29-33-18(16)12-9-28-30(19(12)21(25,26)27)11-5-2-4-10(22)8-11/h2-9H,1H3/i1D3. The van der Waals surface area contributed by atoms with Gasteiger partial charge < -0.3 is 9.26 Å². The van der Waals surface area contributed by atoms with E-state index in [0.29, 0.717) is 4.68 Å².